The Morgan fingerprint density at radius 2 is 2.05 bits per heavy atom. The number of ether oxygens (including phenoxy) is 1. The lowest BCUT2D eigenvalue weighted by molar-refractivity contribution is -0.121. The van der Waals surface area contributed by atoms with Gasteiger partial charge in [0.25, 0.3) is 0 Å². The summed E-state index contributed by atoms with van der Waals surface area (Å²) < 4.78 is 5.34. The zero-order valence-electron chi connectivity index (χ0n) is 12.6. The van der Waals surface area contributed by atoms with Crippen molar-refractivity contribution in [2.24, 2.45) is 5.92 Å². The zero-order valence-corrected chi connectivity index (χ0v) is 13.4. The molecule has 0 aromatic carbocycles. The van der Waals surface area contributed by atoms with Crippen molar-refractivity contribution in [3.63, 3.8) is 0 Å². The van der Waals surface area contributed by atoms with Gasteiger partial charge in [0.2, 0.25) is 5.91 Å². The van der Waals surface area contributed by atoms with Crippen LogP contribution < -0.4 is 5.32 Å². The molecular weight excluding hydrogens is 290 g/mol. The lowest BCUT2D eigenvalue weighted by atomic mass is 9.96. The Morgan fingerprint density at radius 3 is 2.57 bits per heavy atom. The van der Waals surface area contributed by atoms with E-state index in [1.165, 1.54) is 11.3 Å². The van der Waals surface area contributed by atoms with E-state index in [9.17, 15) is 9.59 Å². The van der Waals surface area contributed by atoms with Crippen molar-refractivity contribution >= 4 is 28.5 Å². The van der Waals surface area contributed by atoms with Crippen LogP contribution in [0, 0.1) is 5.92 Å². The van der Waals surface area contributed by atoms with Crippen LogP contribution in [0.15, 0.2) is 11.6 Å². The second-order valence-corrected chi connectivity index (χ2v) is 6.96. The Kier molecular flexibility index (Phi) is 4.82. The molecule has 0 atom stereocenters. The maximum absolute atomic E-state index is 12.1. The Morgan fingerprint density at radius 1 is 1.38 bits per heavy atom. The fourth-order valence-electron chi connectivity index (χ4n) is 2.14. The lowest BCUT2D eigenvalue weighted by Gasteiger charge is -2.32. The number of nitrogens with one attached hydrogen (secondary N) is 1. The molecule has 1 aromatic heterocycles. The van der Waals surface area contributed by atoms with Crippen molar-refractivity contribution in [1.29, 1.82) is 0 Å². The van der Waals surface area contributed by atoms with Gasteiger partial charge in [-0.3, -0.25) is 4.79 Å². The molecule has 2 amide bonds. The fourth-order valence-corrected chi connectivity index (χ4v) is 2.68. The quantitative estimate of drug-likeness (QED) is 0.911. The summed E-state index contributed by atoms with van der Waals surface area (Å²) in [7, 11) is 0. The molecule has 1 aliphatic heterocycles. The van der Waals surface area contributed by atoms with Gasteiger partial charge in [0, 0.05) is 30.6 Å². The minimum Gasteiger partial charge on any atom is -0.444 e. The first-order chi connectivity index (χ1) is 9.85. The summed E-state index contributed by atoms with van der Waals surface area (Å²) in [5.74, 6) is -0.0959. The molecular formula is C14H21N3O3S. The molecule has 0 aliphatic carbocycles. The van der Waals surface area contributed by atoms with Crippen LogP contribution in [0.25, 0.3) is 0 Å². The van der Waals surface area contributed by atoms with E-state index in [1.807, 2.05) is 26.2 Å². The SMILES string of the molecule is CC(C)(C)OC(=O)N1CCC(C(=O)Nc2nccs2)CC1. The molecule has 21 heavy (non-hydrogen) atoms. The number of hydrogen-bond donors (Lipinski definition) is 1. The Balaban J connectivity index is 1.80. The van der Waals surface area contributed by atoms with Gasteiger partial charge in [0.05, 0.1) is 0 Å². The highest BCUT2D eigenvalue weighted by molar-refractivity contribution is 7.13. The summed E-state index contributed by atoms with van der Waals surface area (Å²) in [4.78, 5) is 29.7. The van der Waals surface area contributed by atoms with E-state index in [-0.39, 0.29) is 17.9 Å². The average Bonchev–Trinajstić information content (AvgIpc) is 2.90. The fraction of sp³-hybridized carbons (Fsp3) is 0.643. The summed E-state index contributed by atoms with van der Waals surface area (Å²) in [5.41, 5.74) is -0.490. The van der Waals surface area contributed by atoms with Crippen molar-refractivity contribution in [3.8, 4) is 0 Å². The largest absolute Gasteiger partial charge is 0.444 e. The number of nitrogens with zero attached hydrogens (tertiary/aromatic N) is 2. The molecule has 7 heteroatoms. The van der Waals surface area contributed by atoms with Crippen molar-refractivity contribution in [3.05, 3.63) is 11.6 Å². The smallest absolute Gasteiger partial charge is 0.410 e. The molecule has 2 heterocycles. The number of thiazole rings is 1. The van der Waals surface area contributed by atoms with E-state index in [2.05, 4.69) is 10.3 Å². The summed E-state index contributed by atoms with van der Waals surface area (Å²) in [6.45, 7) is 6.63. The molecule has 0 unspecified atom stereocenters. The molecule has 1 fully saturated rings. The molecule has 6 nitrogen and oxygen atoms in total. The number of likely N-dealkylation sites (tertiary alicyclic amines) is 1. The highest BCUT2D eigenvalue weighted by Gasteiger charge is 2.30. The van der Waals surface area contributed by atoms with Gasteiger partial charge in [-0.1, -0.05) is 0 Å². The van der Waals surface area contributed by atoms with Crippen LogP contribution in [0.4, 0.5) is 9.93 Å². The highest BCUT2D eigenvalue weighted by atomic mass is 32.1. The third-order valence-corrected chi connectivity index (χ3v) is 3.87. The first kappa shape index (κ1) is 15.8. The normalized spacial score (nSPS) is 16.6. The van der Waals surface area contributed by atoms with Crippen LogP contribution in [0.5, 0.6) is 0 Å². The van der Waals surface area contributed by atoms with Crippen LogP contribution in [0.2, 0.25) is 0 Å². The van der Waals surface area contributed by atoms with E-state index >= 15 is 0 Å². The highest BCUT2D eigenvalue weighted by Crippen LogP contribution is 2.21. The Labute approximate surface area is 128 Å². The number of amides is 2. The van der Waals surface area contributed by atoms with Gasteiger partial charge in [0.1, 0.15) is 5.60 Å². The van der Waals surface area contributed by atoms with Crippen molar-refractivity contribution in [2.45, 2.75) is 39.2 Å². The maximum Gasteiger partial charge on any atom is 0.410 e. The number of aromatic nitrogens is 1. The third-order valence-electron chi connectivity index (χ3n) is 3.18. The standard InChI is InChI=1S/C14H21N3O3S/c1-14(2,3)20-13(19)17-7-4-10(5-8-17)11(18)16-12-15-6-9-21-12/h6,9-10H,4-5,7-8H2,1-3H3,(H,15,16,18). The van der Waals surface area contributed by atoms with Crippen LogP contribution >= 0.6 is 11.3 Å². The number of anilines is 1. The zero-order chi connectivity index (χ0) is 15.5. The molecule has 0 saturated carbocycles. The summed E-state index contributed by atoms with van der Waals surface area (Å²) in [5, 5.41) is 5.25. The second-order valence-electron chi connectivity index (χ2n) is 6.07. The second kappa shape index (κ2) is 6.43. The number of piperidine rings is 1. The molecule has 0 radical (unpaired) electrons. The molecule has 1 saturated heterocycles. The minimum atomic E-state index is -0.490. The third kappa shape index (κ3) is 4.70. The molecule has 116 valence electrons. The van der Waals surface area contributed by atoms with Gasteiger partial charge < -0.3 is 15.0 Å². The van der Waals surface area contributed by atoms with Crippen LogP contribution in [0.1, 0.15) is 33.6 Å². The van der Waals surface area contributed by atoms with Crippen LogP contribution in [-0.4, -0.2) is 40.6 Å². The predicted octanol–water partition coefficient (Wildman–Crippen LogP) is 2.73. The number of rotatable bonds is 2. The molecule has 0 bridgehead atoms. The van der Waals surface area contributed by atoms with Gasteiger partial charge >= 0.3 is 6.09 Å². The van der Waals surface area contributed by atoms with E-state index in [4.69, 9.17) is 4.74 Å². The lowest BCUT2D eigenvalue weighted by Crippen LogP contribution is -2.43. The number of carbonyl (C=O) groups is 2. The summed E-state index contributed by atoms with van der Waals surface area (Å²) in [6, 6.07) is 0. The van der Waals surface area contributed by atoms with E-state index in [0.717, 1.165) is 0 Å². The molecule has 2 rings (SSSR count). The summed E-state index contributed by atoms with van der Waals surface area (Å²) in [6.07, 6.45) is 2.65. The van der Waals surface area contributed by atoms with E-state index in [0.29, 0.717) is 31.1 Å². The van der Waals surface area contributed by atoms with Crippen LogP contribution in [0.3, 0.4) is 0 Å². The van der Waals surface area contributed by atoms with Gasteiger partial charge in [0.15, 0.2) is 5.13 Å². The Hall–Kier alpha value is -1.63. The van der Waals surface area contributed by atoms with Crippen molar-refractivity contribution < 1.29 is 14.3 Å². The number of hydrogen-bond acceptors (Lipinski definition) is 5. The molecule has 0 spiro atoms. The van der Waals surface area contributed by atoms with Gasteiger partial charge in [-0.2, -0.15) is 0 Å². The van der Waals surface area contributed by atoms with Gasteiger partial charge in [-0.25, -0.2) is 9.78 Å². The topological polar surface area (TPSA) is 71.5 Å². The number of carbonyl (C=O) groups excluding carboxylic acids is 2. The molecule has 1 aromatic rings. The van der Waals surface area contributed by atoms with Gasteiger partial charge in [-0.05, 0) is 33.6 Å². The predicted molar refractivity (Wildman–Crippen MR) is 81.3 cm³/mol. The Bertz CT molecular complexity index is 488. The van der Waals surface area contributed by atoms with E-state index < -0.39 is 5.60 Å². The minimum absolute atomic E-state index is 0.0196. The van der Waals surface area contributed by atoms with Gasteiger partial charge in [-0.15, -0.1) is 11.3 Å². The summed E-state index contributed by atoms with van der Waals surface area (Å²) >= 11 is 1.40. The molecule has 1 N–H and O–H groups in total. The average molecular weight is 311 g/mol. The monoisotopic (exact) mass is 311 g/mol. The van der Waals surface area contributed by atoms with Crippen LogP contribution in [-0.2, 0) is 9.53 Å². The first-order valence-electron chi connectivity index (χ1n) is 7.03. The molecule has 1 aliphatic rings. The van der Waals surface area contributed by atoms with E-state index in [1.54, 1.807) is 11.1 Å². The van der Waals surface area contributed by atoms with Crippen molar-refractivity contribution in [1.82, 2.24) is 9.88 Å². The maximum atomic E-state index is 12.1. The first-order valence-corrected chi connectivity index (χ1v) is 7.91. The van der Waals surface area contributed by atoms with Crippen molar-refractivity contribution in [2.75, 3.05) is 18.4 Å².